The van der Waals surface area contributed by atoms with E-state index in [2.05, 4.69) is 4.98 Å². The van der Waals surface area contributed by atoms with E-state index >= 15 is 0 Å². The molecule has 8 aromatic rings. The van der Waals surface area contributed by atoms with Crippen molar-refractivity contribution in [2.24, 2.45) is 0 Å². The first-order chi connectivity index (χ1) is 28.1. The Morgan fingerprint density at radius 3 is 1.78 bits per heavy atom. The summed E-state index contributed by atoms with van der Waals surface area (Å²) in [6.45, 7) is 0. The first kappa shape index (κ1) is 38.7. The number of hydrogen-bond acceptors (Lipinski definition) is 8. The van der Waals surface area contributed by atoms with Crippen LogP contribution in [0.2, 0.25) is 0 Å². The molecule has 8 rings (SSSR count). The largest absolute Gasteiger partial charge is 0.508 e. The molecule has 0 aliphatic carbocycles. The van der Waals surface area contributed by atoms with Crippen LogP contribution in [0.3, 0.4) is 0 Å². The normalized spacial score (nSPS) is 10.7. The van der Waals surface area contributed by atoms with Gasteiger partial charge in [-0.2, -0.15) is 0 Å². The molecule has 1 N–H and O–H groups in total. The number of fused-ring (bicyclic) bond motifs is 1. The fourth-order valence-corrected chi connectivity index (χ4v) is 6.23. The highest BCUT2D eigenvalue weighted by Gasteiger charge is 2.19. The summed E-state index contributed by atoms with van der Waals surface area (Å²) in [5, 5.41) is 9.18. The second-order valence-corrected chi connectivity index (χ2v) is 12.7. The van der Waals surface area contributed by atoms with Crippen LogP contribution < -0.4 is 24.6 Å². The number of benzene rings is 7. The molecule has 0 atom stereocenters. The Balaban J connectivity index is 0.000000267. The van der Waals surface area contributed by atoms with Crippen molar-refractivity contribution in [3.05, 3.63) is 173 Å². The quantitative estimate of drug-likeness (QED) is 0.154. The summed E-state index contributed by atoms with van der Waals surface area (Å²) < 4.78 is 69.9. The third kappa shape index (κ3) is 8.48. The van der Waals surface area contributed by atoms with E-state index in [4.69, 9.17) is 23.4 Å². The van der Waals surface area contributed by atoms with Gasteiger partial charge in [0.05, 0.1) is 21.3 Å². The van der Waals surface area contributed by atoms with Crippen molar-refractivity contribution < 1.29 is 41.6 Å². The van der Waals surface area contributed by atoms with Gasteiger partial charge < -0.3 is 28.5 Å². The lowest BCUT2D eigenvalue weighted by Gasteiger charge is -2.15. The molecule has 0 saturated carbocycles. The van der Waals surface area contributed by atoms with Crippen molar-refractivity contribution in [1.29, 1.82) is 0 Å². The summed E-state index contributed by atoms with van der Waals surface area (Å²) in [4.78, 5) is 17.5. The molecule has 0 amide bonds. The van der Waals surface area contributed by atoms with Gasteiger partial charge in [-0.25, -0.2) is 22.9 Å². The van der Waals surface area contributed by atoms with Gasteiger partial charge >= 0.3 is 5.63 Å². The summed E-state index contributed by atoms with van der Waals surface area (Å²) >= 11 is 0. The number of aromatic nitrogens is 1. The topological polar surface area (TPSA) is 100 Å². The molecule has 7 aromatic carbocycles. The minimum absolute atomic E-state index is 0.147. The van der Waals surface area contributed by atoms with Crippen LogP contribution >= 0.6 is 0 Å². The van der Waals surface area contributed by atoms with Crippen LogP contribution in [0.25, 0.3) is 55.7 Å². The maximum atomic E-state index is 14.5. The summed E-state index contributed by atoms with van der Waals surface area (Å²) in [5.41, 5.74) is 4.03. The number of phenols is 1. The predicted molar refractivity (Wildman–Crippen MR) is 216 cm³/mol. The molecule has 0 bridgehead atoms. The molecule has 290 valence electrons. The molecular formula is C47H34F3NO7. The number of aromatic hydroxyl groups is 1. The zero-order chi connectivity index (χ0) is 40.8. The highest BCUT2D eigenvalue weighted by Crippen LogP contribution is 2.41. The maximum absolute atomic E-state index is 14.5. The number of phenolic OH excluding ortho intramolecular Hbond substituents is 1. The van der Waals surface area contributed by atoms with E-state index in [1.807, 2.05) is 6.07 Å². The van der Waals surface area contributed by atoms with Gasteiger partial charge in [0.1, 0.15) is 57.5 Å². The first-order valence-electron chi connectivity index (χ1n) is 17.8. The number of halogens is 3. The van der Waals surface area contributed by atoms with Crippen LogP contribution in [0, 0.1) is 17.5 Å². The lowest BCUT2D eigenvalue weighted by molar-refractivity contribution is 0.414. The van der Waals surface area contributed by atoms with Crippen molar-refractivity contribution in [3.8, 4) is 79.1 Å². The first-order valence-corrected chi connectivity index (χ1v) is 17.8. The number of ether oxygens (including phenoxy) is 4. The average Bonchev–Trinajstić information content (AvgIpc) is 3.24. The molecule has 0 unspecified atom stereocenters. The van der Waals surface area contributed by atoms with Crippen molar-refractivity contribution in [3.63, 3.8) is 0 Å². The minimum Gasteiger partial charge on any atom is -0.508 e. The van der Waals surface area contributed by atoms with Gasteiger partial charge in [0, 0.05) is 33.9 Å². The van der Waals surface area contributed by atoms with E-state index in [0.29, 0.717) is 61.9 Å². The van der Waals surface area contributed by atoms with E-state index in [-0.39, 0.29) is 28.6 Å². The van der Waals surface area contributed by atoms with Gasteiger partial charge in [-0.3, -0.25) is 0 Å². The minimum atomic E-state index is -0.611. The van der Waals surface area contributed by atoms with Crippen LogP contribution in [0.5, 0.6) is 34.5 Å². The fraction of sp³-hybridized carbons (Fsp3) is 0.0638. The lowest BCUT2D eigenvalue weighted by atomic mass is 10.0. The Hall–Kier alpha value is -7.53. The van der Waals surface area contributed by atoms with E-state index < -0.39 is 17.3 Å². The Kier molecular flexibility index (Phi) is 11.4. The van der Waals surface area contributed by atoms with Gasteiger partial charge in [-0.15, -0.1) is 0 Å². The third-order valence-electron chi connectivity index (χ3n) is 9.09. The smallest absolute Gasteiger partial charge is 0.363 e. The van der Waals surface area contributed by atoms with Crippen LogP contribution in [0.1, 0.15) is 0 Å². The standard InChI is InChI=1S/C34H23F2NO5.C13H11FO2/c1-39-24-13-14-28(36)25(17-24)20-8-11-23(12-9-20)41-31-19-32-29(18-27(31)26-16-22(35)10-15-30(26)40-2)37-33(34(38)42-32)21-6-4-3-5-7-21;1-16-13-7-4-10(14)8-12(13)9-2-5-11(15)6-3-9/h3-19H,1-2H3;2-8,15H,1H3. The van der Waals surface area contributed by atoms with Crippen LogP contribution in [-0.2, 0) is 0 Å². The SMILES string of the molecule is COc1ccc(F)c(-c2ccc(Oc3cc4oc(=O)c(-c5ccccc5)nc4cc3-c3cc(F)ccc3OC)cc2)c1.COc1ccc(F)cc1-c1ccc(O)cc1. The van der Waals surface area contributed by atoms with Crippen molar-refractivity contribution in [1.82, 2.24) is 4.98 Å². The zero-order valence-corrected chi connectivity index (χ0v) is 31.3. The Morgan fingerprint density at radius 2 is 1.12 bits per heavy atom. The van der Waals surface area contributed by atoms with Crippen LogP contribution in [-0.4, -0.2) is 31.4 Å². The van der Waals surface area contributed by atoms with E-state index in [0.717, 1.165) is 5.56 Å². The second kappa shape index (κ2) is 17.1. The predicted octanol–water partition coefficient (Wildman–Crippen LogP) is 11.5. The van der Waals surface area contributed by atoms with Gasteiger partial charge in [-0.1, -0.05) is 54.6 Å². The number of methoxy groups -OCH3 is 3. The molecule has 8 nitrogen and oxygen atoms in total. The van der Waals surface area contributed by atoms with Crippen LogP contribution in [0.15, 0.2) is 155 Å². The number of nitrogens with zero attached hydrogens (tertiary/aromatic N) is 1. The summed E-state index contributed by atoms with van der Waals surface area (Å²) in [5.74, 6) is 1.22. The number of hydrogen-bond donors (Lipinski definition) is 1. The van der Waals surface area contributed by atoms with Gasteiger partial charge in [0.15, 0.2) is 11.3 Å². The van der Waals surface area contributed by atoms with Crippen molar-refractivity contribution >= 4 is 11.1 Å². The van der Waals surface area contributed by atoms with Gasteiger partial charge in [0.2, 0.25) is 0 Å². The fourth-order valence-electron chi connectivity index (χ4n) is 6.23. The van der Waals surface area contributed by atoms with Gasteiger partial charge in [0.25, 0.3) is 0 Å². The molecule has 0 radical (unpaired) electrons. The molecule has 1 aromatic heterocycles. The molecule has 11 heteroatoms. The Labute approximate surface area is 330 Å². The van der Waals surface area contributed by atoms with Crippen molar-refractivity contribution in [2.75, 3.05) is 21.3 Å². The monoisotopic (exact) mass is 781 g/mol. The molecule has 0 spiro atoms. The second-order valence-electron chi connectivity index (χ2n) is 12.7. The zero-order valence-electron chi connectivity index (χ0n) is 31.3. The molecule has 0 fully saturated rings. The van der Waals surface area contributed by atoms with E-state index in [1.165, 1.54) is 63.8 Å². The Morgan fingerprint density at radius 1 is 0.534 bits per heavy atom. The molecule has 1 heterocycles. The van der Waals surface area contributed by atoms with Gasteiger partial charge in [-0.05, 0) is 96.1 Å². The molecule has 0 aliphatic rings. The number of rotatable bonds is 9. The highest BCUT2D eigenvalue weighted by atomic mass is 19.1. The summed E-state index contributed by atoms with van der Waals surface area (Å²) in [6, 6.07) is 38.5. The molecule has 0 saturated heterocycles. The van der Waals surface area contributed by atoms with E-state index in [9.17, 15) is 23.1 Å². The summed E-state index contributed by atoms with van der Waals surface area (Å²) in [7, 11) is 4.54. The van der Waals surface area contributed by atoms with Crippen LogP contribution in [0.4, 0.5) is 13.2 Å². The van der Waals surface area contributed by atoms with E-state index in [1.54, 1.807) is 97.1 Å². The maximum Gasteiger partial charge on any atom is 0.363 e. The average molecular weight is 782 g/mol. The lowest BCUT2D eigenvalue weighted by Crippen LogP contribution is -2.06. The molecule has 58 heavy (non-hydrogen) atoms. The molecule has 0 aliphatic heterocycles. The van der Waals surface area contributed by atoms with Crippen molar-refractivity contribution in [2.45, 2.75) is 0 Å². The Bertz CT molecular complexity index is 2770. The highest BCUT2D eigenvalue weighted by molar-refractivity contribution is 5.88. The molecular weight excluding hydrogens is 748 g/mol. The summed E-state index contributed by atoms with van der Waals surface area (Å²) in [6.07, 6.45) is 0. The third-order valence-corrected chi connectivity index (χ3v) is 9.09.